The highest BCUT2D eigenvalue weighted by molar-refractivity contribution is 9.10. The molecular weight excluding hydrogens is 360 g/mol. The van der Waals surface area contributed by atoms with Gasteiger partial charge in [0.2, 0.25) is 10.0 Å². The van der Waals surface area contributed by atoms with Crippen molar-refractivity contribution in [1.82, 2.24) is 20.2 Å². The molecule has 0 amide bonds. The molecule has 7 nitrogen and oxygen atoms in total. The van der Waals surface area contributed by atoms with E-state index in [9.17, 15) is 8.42 Å². The summed E-state index contributed by atoms with van der Waals surface area (Å²) in [5.41, 5.74) is 0.756. The van der Waals surface area contributed by atoms with Crippen molar-refractivity contribution < 1.29 is 12.8 Å². The number of sulfonamides is 1. The normalized spacial score (nSPS) is 13.5. The van der Waals surface area contributed by atoms with Crippen LogP contribution in [0.15, 0.2) is 32.4 Å². The van der Waals surface area contributed by atoms with Gasteiger partial charge in [-0.15, -0.1) is 0 Å². The molecule has 116 valence electrons. The van der Waals surface area contributed by atoms with Gasteiger partial charge in [-0.1, -0.05) is 6.92 Å². The maximum absolute atomic E-state index is 12.4. The standard InChI is InChI=1S/C12H17BrN4O3S/c1-3-14-7-10-4-11(12(13)20-10)21(18,19)17-8(2)9-5-15-16-6-9/h4-6,8,14,17H,3,7H2,1-2H3,(H,15,16). The van der Waals surface area contributed by atoms with Crippen molar-refractivity contribution >= 4 is 26.0 Å². The van der Waals surface area contributed by atoms with E-state index in [0.717, 1.165) is 12.1 Å². The van der Waals surface area contributed by atoms with Crippen LogP contribution in [0.25, 0.3) is 0 Å². The van der Waals surface area contributed by atoms with Crippen molar-refractivity contribution in [2.24, 2.45) is 0 Å². The van der Waals surface area contributed by atoms with Crippen molar-refractivity contribution in [1.29, 1.82) is 0 Å². The number of aromatic amines is 1. The van der Waals surface area contributed by atoms with E-state index in [2.05, 4.69) is 36.2 Å². The zero-order valence-corrected chi connectivity index (χ0v) is 14.1. The van der Waals surface area contributed by atoms with Gasteiger partial charge in [-0.05, 0) is 29.4 Å². The topological polar surface area (TPSA) is 100 Å². The fourth-order valence-corrected chi connectivity index (χ4v) is 4.01. The fraction of sp³-hybridized carbons (Fsp3) is 0.417. The SMILES string of the molecule is CCNCc1cc(S(=O)(=O)NC(C)c2cn[nH]c2)c(Br)o1. The second-order valence-electron chi connectivity index (χ2n) is 4.51. The molecule has 0 saturated carbocycles. The zero-order chi connectivity index (χ0) is 15.5. The van der Waals surface area contributed by atoms with Gasteiger partial charge < -0.3 is 9.73 Å². The molecule has 2 heterocycles. The van der Waals surface area contributed by atoms with Gasteiger partial charge in [-0.25, -0.2) is 13.1 Å². The van der Waals surface area contributed by atoms with Crippen LogP contribution in [0, 0.1) is 0 Å². The summed E-state index contributed by atoms with van der Waals surface area (Å²) in [6.45, 7) is 4.96. The van der Waals surface area contributed by atoms with E-state index in [-0.39, 0.29) is 9.56 Å². The van der Waals surface area contributed by atoms with E-state index < -0.39 is 16.1 Å². The molecule has 2 aromatic rings. The molecule has 2 rings (SSSR count). The summed E-state index contributed by atoms with van der Waals surface area (Å²) in [4.78, 5) is 0.0887. The molecule has 0 aliphatic carbocycles. The summed E-state index contributed by atoms with van der Waals surface area (Å²) in [6, 6.07) is 1.12. The number of furan rings is 1. The molecule has 9 heteroatoms. The Morgan fingerprint density at radius 3 is 2.90 bits per heavy atom. The maximum Gasteiger partial charge on any atom is 0.245 e. The Balaban J connectivity index is 2.17. The Morgan fingerprint density at radius 2 is 2.29 bits per heavy atom. The second kappa shape index (κ2) is 6.73. The quantitative estimate of drug-likeness (QED) is 0.685. The Bertz CT molecular complexity index is 681. The summed E-state index contributed by atoms with van der Waals surface area (Å²) in [5, 5.41) is 9.54. The Hall–Kier alpha value is -1.16. The number of hydrogen-bond acceptors (Lipinski definition) is 5. The third-order valence-corrected chi connectivity index (χ3v) is 5.29. The number of aromatic nitrogens is 2. The molecule has 3 N–H and O–H groups in total. The van der Waals surface area contributed by atoms with Crippen LogP contribution >= 0.6 is 15.9 Å². The van der Waals surface area contributed by atoms with Crippen molar-refractivity contribution in [3.05, 3.63) is 34.5 Å². The summed E-state index contributed by atoms with van der Waals surface area (Å²) in [5.74, 6) is 0.556. The van der Waals surface area contributed by atoms with Crippen molar-refractivity contribution in [3.8, 4) is 0 Å². The first-order chi connectivity index (χ1) is 9.94. The molecule has 0 spiro atoms. The molecule has 0 bridgehead atoms. The summed E-state index contributed by atoms with van der Waals surface area (Å²) < 4.78 is 33.0. The second-order valence-corrected chi connectivity index (χ2v) is 6.91. The predicted octanol–water partition coefficient (Wildman–Crippen LogP) is 1.91. The lowest BCUT2D eigenvalue weighted by Crippen LogP contribution is -2.26. The number of nitrogens with zero attached hydrogens (tertiary/aromatic N) is 1. The van der Waals surface area contributed by atoms with Crippen LogP contribution in [0.4, 0.5) is 0 Å². The highest BCUT2D eigenvalue weighted by atomic mass is 79.9. The number of H-pyrrole nitrogens is 1. The van der Waals surface area contributed by atoms with E-state index in [1.165, 1.54) is 6.07 Å². The molecular formula is C12H17BrN4O3S. The predicted molar refractivity (Wildman–Crippen MR) is 81.1 cm³/mol. The lowest BCUT2D eigenvalue weighted by molar-refractivity contribution is 0.464. The molecule has 21 heavy (non-hydrogen) atoms. The van der Waals surface area contributed by atoms with Crippen molar-refractivity contribution in [2.45, 2.75) is 31.3 Å². The van der Waals surface area contributed by atoms with Gasteiger partial charge in [0.25, 0.3) is 0 Å². The largest absolute Gasteiger partial charge is 0.452 e. The lowest BCUT2D eigenvalue weighted by atomic mass is 10.2. The van der Waals surface area contributed by atoms with Crippen LogP contribution in [0.3, 0.4) is 0 Å². The minimum atomic E-state index is -3.68. The molecule has 0 aliphatic heterocycles. The number of rotatable bonds is 7. The molecule has 0 radical (unpaired) electrons. The number of nitrogens with one attached hydrogen (secondary N) is 3. The lowest BCUT2D eigenvalue weighted by Gasteiger charge is -2.11. The molecule has 1 unspecified atom stereocenters. The van der Waals surface area contributed by atoms with Crippen LogP contribution in [0.5, 0.6) is 0 Å². The average molecular weight is 377 g/mol. The van der Waals surface area contributed by atoms with Crippen molar-refractivity contribution in [2.75, 3.05) is 6.54 Å². The molecule has 2 aromatic heterocycles. The highest BCUT2D eigenvalue weighted by Gasteiger charge is 2.25. The maximum atomic E-state index is 12.4. The van der Waals surface area contributed by atoms with Crippen LogP contribution < -0.4 is 10.0 Å². The molecule has 0 saturated heterocycles. The third-order valence-electron chi connectivity index (χ3n) is 2.90. The Labute approximate surface area is 131 Å². The van der Waals surface area contributed by atoms with Gasteiger partial charge in [0.05, 0.1) is 12.7 Å². The number of hydrogen-bond donors (Lipinski definition) is 3. The minimum Gasteiger partial charge on any atom is -0.452 e. The van der Waals surface area contributed by atoms with Gasteiger partial charge in [0.15, 0.2) is 4.67 Å². The highest BCUT2D eigenvalue weighted by Crippen LogP contribution is 2.27. The van der Waals surface area contributed by atoms with E-state index >= 15 is 0 Å². The summed E-state index contributed by atoms with van der Waals surface area (Å²) in [7, 11) is -3.68. The molecule has 0 fully saturated rings. The molecule has 0 aliphatic rings. The number of halogens is 1. The fourth-order valence-electron chi connectivity index (χ4n) is 1.78. The van der Waals surface area contributed by atoms with Gasteiger partial charge in [0.1, 0.15) is 10.7 Å². The van der Waals surface area contributed by atoms with E-state index in [1.54, 1.807) is 19.3 Å². The van der Waals surface area contributed by atoms with E-state index in [1.807, 2.05) is 6.92 Å². The van der Waals surface area contributed by atoms with Crippen LogP contribution in [-0.4, -0.2) is 25.2 Å². The Morgan fingerprint density at radius 1 is 1.52 bits per heavy atom. The van der Waals surface area contributed by atoms with E-state index in [4.69, 9.17) is 4.42 Å². The minimum absolute atomic E-state index is 0.0887. The van der Waals surface area contributed by atoms with Gasteiger partial charge in [-0.3, -0.25) is 5.10 Å². The summed E-state index contributed by atoms with van der Waals surface area (Å²) in [6.07, 6.45) is 3.22. The van der Waals surface area contributed by atoms with Crippen LogP contribution in [0.2, 0.25) is 0 Å². The van der Waals surface area contributed by atoms with Crippen molar-refractivity contribution in [3.63, 3.8) is 0 Å². The van der Waals surface area contributed by atoms with E-state index in [0.29, 0.717) is 12.3 Å². The van der Waals surface area contributed by atoms with Gasteiger partial charge >= 0.3 is 0 Å². The smallest absolute Gasteiger partial charge is 0.245 e. The first kappa shape index (κ1) is 16.2. The van der Waals surface area contributed by atoms with Crippen LogP contribution in [-0.2, 0) is 16.6 Å². The van der Waals surface area contributed by atoms with Crippen LogP contribution in [0.1, 0.15) is 31.2 Å². The van der Waals surface area contributed by atoms with Gasteiger partial charge in [0, 0.05) is 23.9 Å². The average Bonchev–Trinajstić information content (AvgIpc) is 3.05. The first-order valence-electron chi connectivity index (χ1n) is 6.44. The molecule has 0 aromatic carbocycles. The molecule has 1 atom stereocenters. The first-order valence-corrected chi connectivity index (χ1v) is 8.71. The zero-order valence-electron chi connectivity index (χ0n) is 11.7. The Kier molecular flexibility index (Phi) is 5.20. The monoisotopic (exact) mass is 376 g/mol. The van der Waals surface area contributed by atoms with Gasteiger partial charge in [-0.2, -0.15) is 5.10 Å². The summed E-state index contributed by atoms with van der Waals surface area (Å²) >= 11 is 3.15. The third kappa shape index (κ3) is 3.94.